The van der Waals surface area contributed by atoms with Crippen molar-refractivity contribution in [2.24, 2.45) is 4.99 Å². The molecule has 0 spiro atoms. The van der Waals surface area contributed by atoms with Gasteiger partial charge in [0, 0.05) is 34.9 Å². The van der Waals surface area contributed by atoms with Crippen molar-refractivity contribution in [1.29, 1.82) is 0 Å². The van der Waals surface area contributed by atoms with Gasteiger partial charge in [0.25, 0.3) is 11.5 Å². The summed E-state index contributed by atoms with van der Waals surface area (Å²) < 4.78 is 14.8. The van der Waals surface area contributed by atoms with E-state index in [-0.39, 0.29) is 28.2 Å². The largest absolute Gasteiger partial charge is 0.375 e. The molecule has 6 nitrogen and oxygen atoms in total. The predicted octanol–water partition coefficient (Wildman–Crippen LogP) is 5.87. The summed E-state index contributed by atoms with van der Waals surface area (Å²) in [4.78, 5) is 29.9. The lowest BCUT2D eigenvalue weighted by Gasteiger charge is -2.14. The lowest BCUT2D eigenvalue weighted by Crippen LogP contribution is -2.30. The van der Waals surface area contributed by atoms with Crippen LogP contribution in [-0.2, 0) is 10.4 Å². The van der Waals surface area contributed by atoms with Crippen LogP contribution in [-0.4, -0.2) is 21.3 Å². The number of nitrogens with zero attached hydrogens (tertiary/aromatic N) is 2. The third kappa shape index (κ3) is 4.64. The molecule has 0 saturated heterocycles. The summed E-state index contributed by atoms with van der Waals surface area (Å²) in [7, 11) is 0. The van der Waals surface area contributed by atoms with Crippen LogP contribution in [0.3, 0.4) is 0 Å². The molecule has 3 aromatic rings. The summed E-state index contributed by atoms with van der Waals surface area (Å²) >= 11 is 6.57. The molecule has 5 rings (SSSR count). The molecule has 1 saturated carbocycles. The smallest absolute Gasteiger partial charge is 0.273 e. The van der Waals surface area contributed by atoms with Crippen LogP contribution >= 0.6 is 11.6 Å². The molecule has 2 aromatic carbocycles. The van der Waals surface area contributed by atoms with Gasteiger partial charge in [0.05, 0.1) is 5.71 Å². The number of allylic oxidation sites excluding steroid dienone is 2. The molecule has 0 bridgehead atoms. The first kappa shape index (κ1) is 25.8. The standard InChI is InChI=1S/C30H27ClFN3O3/c1-4-12-33-25(19-7-10-24-26(15-19)34-29(37)30(24,3)38)11-13-35-17(2)14-23(27(31)28(35)36)22-16-21(22)18-5-8-20(32)9-6-18/h4-15,21-22,38H,16H2,1-3H3,(H,34,37)/b12-4+,13-11+,33-25-. The number of fused-ring (bicyclic) bond motifs is 1. The van der Waals surface area contributed by atoms with E-state index >= 15 is 0 Å². The first-order valence-electron chi connectivity index (χ1n) is 12.3. The summed E-state index contributed by atoms with van der Waals surface area (Å²) in [6.07, 6.45) is 7.60. The number of amides is 1. The molecule has 2 aliphatic rings. The van der Waals surface area contributed by atoms with E-state index in [9.17, 15) is 19.1 Å². The summed E-state index contributed by atoms with van der Waals surface area (Å²) in [5.41, 5.74) is 2.90. The molecule has 0 radical (unpaired) electrons. The van der Waals surface area contributed by atoms with Gasteiger partial charge in [0.2, 0.25) is 0 Å². The molecule has 1 aromatic heterocycles. The van der Waals surface area contributed by atoms with Crippen LogP contribution in [0.15, 0.2) is 76.7 Å². The highest BCUT2D eigenvalue weighted by atomic mass is 35.5. The van der Waals surface area contributed by atoms with Crippen molar-refractivity contribution in [3.8, 4) is 0 Å². The highest BCUT2D eigenvalue weighted by Crippen LogP contribution is 2.55. The molecule has 8 heteroatoms. The van der Waals surface area contributed by atoms with Gasteiger partial charge in [-0.15, -0.1) is 0 Å². The zero-order chi connectivity index (χ0) is 27.2. The van der Waals surface area contributed by atoms with Gasteiger partial charge in [0.1, 0.15) is 10.8 Å². The van der Waals surface area contributed by atoms with E-state index in [0.29, 0.717) is 22.5 Å². The van der Waals surface area contributed by atoms with E-state index in [4.69, 9.17) is 11.6 Å². The van der Waals surface area contributed by atoms with Crippen LogP contribution in [0.1, 0.15) is 60.1 Å². The average Bonchev–Trinajstić information content (AvgIpc) is 3.64. The number of carbonyl (C=O) groups excluding carboxylic acids is 1. The number of benzene rings is 2. The highest BCUT2D eigenvalue weighted by molar-refractivity contribution is 6.31. The third-order valence-electron chi connectivity index (χ3n) is 7.17. The highest BCUT2D eigenvalue weighted by Gasteiger charge is 2.42. The fraction of sp³-hybridized carbons (Fsp3) is 0.233. The summed E-state index contributed by atoms with van der Waals surface area (Å²) in [5, 5.41) is 13.3. The fourth-order valence-electron chi connectivity index (χ4n) is 4.93. The Labute approximate surface area is 224 Å². The maximum atomic E-state index is 13.3. The second kappa shape index (κ2) is 9.82. The molecule has 194 valence electrons. The number of anilines is 1. The van der Waals surface area contributed by atoms with Gasteiger partial charge in [-0.1, -0.05) is 41.9 Å². The minimum atomic E-state index is -1.59. The van der Waals surface area contributed by atoms with Crippen molar-refractivity contribution in [2.75, 3.05) is 5.32 Å². The molecule has 2 heterocycles. The molecule has 1 amide bonds. The summed E-state index contributed by atoms with van der Waals surface area (Å²) in [6, 6.07) is 13.6. The van der Waals surface area contributed by atoms with Crippen LogP contribution in [0, 0.1) is 12.7 Å². The first-order valence-corrected chi connectivity index (χ1v) is 12.7. The molecule has 2 N–H and O–H groups in total. The van der Waals surface area contributed by atoms with E-state index in [1.165, 1.54) is 23.6 Å². The maximum Gasteiger partial charge on any atom is 0.273 e. The Morgan fingerprint density at radius 3 is 2.63 bits per heavy atom. The normalized spacial score (nSPS) is 22.8. The predicted molar refractivity (Wildman–Crippen MR) is 148 cm³/mol. The SMILES string of the molecule is C/C=C/N=C(/C=C/n1c(C)cc(C2CC2c2ccc(F)cc2)c(Cl)c1=O)c1ccc2c(c1)NC(=O)C2(C)O. The second-order valence-corrected chi connectivity index (χ2v) is 10.2. The van der Waals surface area contributed by atoms with Gasteiger partial charge in [0.15, 0.2) is 5.60 Å². The van der Waals surface area contributed by atoms with Gasteiger partial charge < -0.3 is 10.4 Å². The average molecular weight is 532 g/mol. The van der Waals surface area contributed by atoms with E-state index in [1.807, 2.05) is 19.9 Å². The Kier molecular flexibility index (Phi) is 6.67. The van der Waals surface area contributed by atoms with E-state index in [1.54, 1.807) is 54.9 Å². The van der Waals surface area contributed by atoms with Crippen LogP contribution in [0.5, 0.6) is 0 Å². The second-order valence-electron chi connectivity index (χ2n) is 9.83. The minimum Gasteiger partial charge on any atom is -0.375 e. The Bertz CT molecular complexity index is 1590. The number of aromatic nitrogens is 1. The topological polar surface area (TPSA) is 83.7 Å². The number of rotatable bonds is 6. The molecule has 1 aliphatic carbocycles. The summed E-state index contributed by atoms with van der Waals surface area (Å²) in [6.45, 7) is 5.14. The number of carbonyl (C=O) groups is 1. The molecule has 3 atom stereocenters. The lowest BCUT2D eigenvalue weighted by molar-refractivity contribution is -0.131. The van der Waals surface area contributed by atoms with Crippen molar-refractivity contribution in [2.45, 2.75) is 44.6 Å². The Morgan fingerprint density at radius 2 is 1.92 bits per heavy atom. The number of aliphatic hydroxyl groups is 1. The van der Waals surface area contributed by atoms with Crippen molar-refractivity contribution in [1.82, 2.24) is 4.57 Å². The van der Waals surface area contributed by atoms with Crippen molar-refractivity contribution < 1.29 is 14.3 Å². The molecule has 3 unspecified atom stereocenters. The number of aryl methyl sites for hydroxylation is 1. The molecular formula is C30H27ClFN3O3. The zero-order valence-corrected chi connectivity index (χ0v) is 22.0. The quantitative estimate of drug-likeness (QED) is 0.390. The van der Waals surface area contributed by atoms with Gasteiger partial charge >= 0.3 is 0 Å². The van der Waals surface area contributed by atoms with E-state index in [2.05, 4.69) is 10.3 Å². The van der Waals surface area contributed by atoms with Crippen molar-refractivity contribution in [3.63, 3.8) is 0 Å². The monoisotopic (exact) mass is 531 g/mol. The van der Waals surface area contributed by atoms with Gasteiger partial charge in [-0.05, 0) is 80.5 Å². The van der Waals surface area contributed by atoms with Crippen LogP contribution in [0.2, 0.25) is 5.02 Å². The Hall–Kier alpha value is -3.81. The van der Waals surface area contributed by atoms with Crippen LogP contribution in [0.25, 0.3) is 6.20 Å². The first-order chi connectivity index (χ1) is 18.1. The number of hydrogen-bond acceptors (Lipinski definition) is 4. The van der Waals surface area contributed by atoms with Gasteiger partial charge in [-0.3, -0.25) is 19.1 Å². The summed E-state index contributed by atoms with van der Waals surface area (Å²) in [5.74, 6) is -0.438. The number of hydrogen-bond donors (Lipinski definition) is 2. The molecule has 1 fully saturated rings. The van der Waals surface area contributed by atoms with Crippen molar-refractivity contribution in [3.05, 3.63) is 116 Å². The lowest BCUT2D eigenvalue weighted by atomic mass is 9.96. The van der Waals surface area contributed by atoms with E-state index < -0.39 is 11.5 Å². The van der Waals surface area contributed by atoms with E-state index in [0.717, 1.165) is 23.2 Å². The van der Waals surface area contributed by atoms with Crippen LogP contribution < -0.4 is 10.9 Å². The van der Waals surface area contributed by atoms with Gasteiger partial charge in [-0.25, -0.2) is 4.39 Å². The maximum absolute atomic E-state index is 13.3. The van der Waals surface area contributed by atoms with Crippen molar-refractivity contribution >= 4 is 35.1 Å². The Balaban J connectivity index is 1.45. The molecule has 38 heavy (non-hydrogen) atoms. The third-order valence-corrected chi connectivity index (χ3v) is 7.55. The number of pyridine rings is 1. The van der Waals surface area contributed by atoms with Gasteiger partial charge in [-0.2, -0.15) is 0 Å². The molecular weight excluding hydrogens is 505 g/mol. The minimum absolute atomic E-state index is 0.114. The fourth-order valence-corrected chi connectivity index (χ4v) is 5.22. The number of halogens is 2. The van der Waals surface area contributed by atoms with Crippen LogP contribution in [0.4, 0.5) is 10.1 Å². The molecule has 1 aliphatic heterocycles. The zero-order valence-electron chi connectivity index (χ0n) is 21.2. The number of aliphatic imine (C=N–C) groups is 1. The number of nitrogens with one attached hydrogen (secondary N) is 1. The Morgan fingerprint density at radius 1 is 1.18 bits per heavy atom.